The number of aromatic nitrogens is 2. The lowest BCUT2D eigenvalue weighted by molar-refractivity contribution is -0.133. The predicted molar refractivity (Wildman–Crippen MR) is 99.3 cm³/mol. The molecule has 2 fully saturated rings. The molecule has 3 rings (SSSR count). The van der Waals surface area contributed by atoms with Gasteiger partial charge in [-0.15, -0.1) is 0 Å². The van der Waals surface area contributed by atoms with Crippen LogP contribution in [-0.4, -0.2) is 85.2 Å². The van der Waals surface area contributed by atoms with Gasteiger partial charge in [0, 0.05) is 33.4 Å². The third kappa shape index (κ3) is 5.99. The van der Waals surface area contributed by atoms with Crippen LogP contribution in [0, 0.1) is 12.8 Å². The number of hydrogen-bond donors (Lipinski definition) is 0. The highest BCUT2D eigenvalue weighted by Gasteiger charge is 2.28. The fourth-order valence-electron chi connectivity index (χ4n) is 3.90. The summed E-state index contributed by atoms with van der Waals surface area (Å²) in [6.07, 6.45) is 4.75. The number of carbonyl (C=O) groups excluding carboxylic acids is 1. The van der Waals surface area contributed by atoms with Crippen molar-refractivity contribution in [3.63, 3.8) is 0 Å². The molecule has 8 nitrogen and oxygen atoms in total. The number of piperidine rings is 1. The molecule has 1 amide bonds. The van der Waals surface area contributed by atoms with Crippen molar-refractivity contribution in [1.82, 2.24) is 20.1 Å². The molecule has 1 atom stereocenters. The molecular formula is C19H32N4O4. The second kappa shape index (κ2) is 10.1. The Bertz CT molecular complexity index is 580. The third-order valence-electron chi connectivity index (χ3n) is 5.66. The summed E-state index contributed by atoms with van der Waals surface area (Å²) in [7, 11) is 1.74. The summed E-state index contributed by atoms with van der Waals surface area (Å²) in [6, 6.07) is 0. The molecule has 0 unspecified atom stereocenters. The van der Waals surface area contributed by atoms with Crippen LogP contribution in [0.4, 0.5) is 0 Å². The molecule has 0 radical (unpaired) electrons. The fourth-order valence-corrected chi connectivity index (χ4v) is 3.90. The van der Waals surface area contributed by atoms with Crippen molar-refractivity contribution in [2.24, 2.45) is 5.92 Å². The lowest BCUT2D eigenvalue weighted by Crippen LogP contribution is -2.44. The number of likely N-dealkylation sites (tertiary alicyclic amines) is 1. The molecule has 8 heteroatoms. The van der Waals surface area contributed by atoms with E-state index in [1.165, 1.54) is 0 Å². The molecule has 152 valence electrons. The number of nitrogens with zero attached hydrogens (tertiary/aromatic N) is 4. The normalized spacial score (nSPS) is 21.6. The summed E-state index contributed by atoms with van der Waals surface area (Å²) in [4.78, 5) is 17.4. The van der Waals surface area contributed by atoms with E-state index in [0.717, 1.165) is 65.1 Å². The molecule has 3 heterocycles. The summed E-state index contributed by atoms with van der Waals surface area (Å²) in [6.45, 7) is 7.99. The summed E-state index contributed by atoms with van der Waals surface area (Å²) in [5.74, 6) is 0.622. The van der Waals surface area contributed by atoms with Crippen LogP contribution in [0.1, 0.15) is 37.1 Å². The first kappa shape index (κ1) is 20.2. The van der Waals surface area contributed by atoms with E-state index in [0.29, 0.717) is 23.9 Å². The minimum absolute atomic E-state index is 0.0890. The van der Waals surface area contributed by atoms with Crippen LogP contribution in [0.3, 0.4) is 0 Å². The zero-order valence-electron chi connectivity index (χ0n) is 16.6. The van der Waals surface area contributed by atoms with Crippen molar-refractivity contribution in [3.05, 3.63) is 11.4 Å². The number of methoxy groups -OCH3 is 1. The Hall–Kier alpha value is -1.51. The Kier molecular flexibility index (Phi) is 7.60. The van der Waals surface area contributed by atoms with Gasteiger partial charge >= 0.3 is 0 Å². The second-order valence-electron chi connectivity index (χ2n) is 7.68. The van der Waals surface area contributed by atoms with Gasteiger partial charge in [-0.3, -0.25) is 4.79 Å². The monoisotopic (exact) mass is 380 g/mol. The van der Waals surface area contributed by atoms with Crippen molar-refractivity contribution < 1.29 is 18.9 Å². The maximum Gasteiger partial charge on any atom is 0.228 e. The van der Waals surface area contributed by atoms with Crippen molar-refractivity contribution in [2.75, 3.05) is 53.0 Å². The topological polar surface area (TPSA) is 80.9 Å². The highest BCUT2D eigenvalue weighted by molar-refractivity contribution is 5.78. The Labute approximate surface area is 161 Å². The van der Waals surface area contributed by atoms with Gasteiger partial charge in [-0.25, -0.2) is 4.63 Å². The molecule has 2 saturated heterocycles. The van der Waals surface area contributed by atoms with Gasteiger partial charge in [0.15, 0.2) is 0 Å². The van der Waals surface area contributed by atoms with E-state index in [9.17, 15) is 4.79 Å². The van der Waals surface area contributed by atoms with Crippen LogP contribution in [0.2, 0.25) is 0 Å². The van der Waals surface area contributed by atoms with Crippen LogP contribution in [0.25, 0.3) is 0 Å². The maximum atomic E-state index is 13.0. The van der Waals surface area contributed by atoms with Gasteiger partial charge in [0.25, 0.3) is 0 Å². The average molecular weight is 380 g/mol. The minimum Gasteiger partial charge on any atom is -0.383 e. The molecular weight excluding hydrogens is 348 g/mol. The van der Waals surface area contributed by atoms with Gasteiger partial charge in [0.2, 0.25) is 5.91 Å². The second-order valence-corrected chi connectivity index (χ2v) is 7.68. The quantitative estimate of drug-likeness (QED) is 0.638. The van der Waals surface area contributed by atoms with Crippen molar-refractivity contribution in [1.29, 1.82) is 0 Å². The number of aryl methyl sites for hydroxylation is 1. The highest BCUT2D eigenvalue weighted by atomic mass is 16.6. The molecule has 2 aliphatic heterocycles. The van der Waals surface area contributed by atoms with Gasteiger partial charge in [-0.1, -0.05) is 10.3 Å². The first-order valence-electron chi connectivity index (χ1n) is 10.0. The summed E-state index contributed by atoms with van der Waals surface area (Å²) in [5.41, 5.74) is 1.32. The summed E-state index contributed by atoms with van der Waals surface area (Å²) >= 11 is 0. The molecule has 1 aromatic rings. The lowest BCUT2D eigenvalue weighted by Gasteiger charge is -2.35. The first-order valence-corrected chi connectivity index (χ1v) is 10.0. The fraction of sp³-hybridized carbons (Fsp3) is 0.842. The maximum absolute atomic E-state index is 13.0. The van der Waals surface area contributed by atoms with E-state index in [-0.39, 0.29) is 18.4 Å². The van der Waals surface area contributed by atoms with Crippen molar-refractivity contribution in [2.45, 2.75) is 45.1 Å². The van der Waals surface area contributed by atoms with Crippen molar-refractivity contribution in [3.8, 4) is 0 Å². The van der Waals surface area contributed by atoms with Gasteiger partial charge in [0.1, 0.15) is 11.4 Å². The zero-order chi connectivity index (χ0) is 19.1. The van der Waals surface area contributed by atoms with Crippen LogP contribution >= 0.6 is 0 Å². The van der Waals surface area contributed by atoms with E-state index >= 15 is 0 Å². The lowest BCUT2D eigenvalue weighted by atomic mass is 9.95. The Morgan fingerprint density at radius 2 is 2.07 bits per heavy atom. The third-order valence-corrected chi connectivity index (χ3v) is 5.66. The van der Waals surface area contributed by atoms with E-state index < -0.39 is 0 Å². The Morgan fingerprint density at radius 3 is 2.70 bits per heavy atom. The smallest absolute Gasteiger partial charge is 0.228 e. The number of amides is 1. The molecule has 0 spiro atoms. The molecule has 27 heavy (non-hydrogen) atoms. The summed E-state index contributed by atoms with van der Waals surface area (Å²) < 4.78 is 15.7. The van der Waals surface area contributed by atoms with E-state index in [4.69, 9.17) is 14.1 Å². The van der Waals surface area contributed by atoms with Gasteiger partial charge < -0.3 is 19.3 Å². The number of rotatable bonds is 9. The van der Waals surface area contributed by atoms with Crippen LogP contribution in [0.5, 0.6) is 0 Å². The van der Waals surface area contributed by atoms with Crippen molar-refractivity contribution >= 4 is 5.91 Å². The molecule has 0 aliphatic carbocycles. The number of carbonyl (C=O) groups is 1. The molecule has 0 bridgehead atoms. The molecule has 0 N–H and O–H groups in total. The first-order chi connectivity index (χ1) is 13.2. The zero-order valence-corrected chi connectivity index (χ0v) is 16.6. The van der Waals surface area contributed by atoms with Crippen LogP contribution in [0.15, 0.2) is 4.63 Å². The van der Waals surface area contributed by atoms with Crippen LogP contribution in [-0.2, 0) is 20.7 Å². The van der Waals surface area contributed by atoms with E-state index in [2.05, 4.69) is 15.2 Å². The number of hydrogen-bond acceptors (Lipinski definition) is 7. The molecule has 2 aliphatic rings. The Morgan fingerprint density at radius 1 is 1.26 bits per heavy atom. The molecule has 0 aromatic carbocycles. The van der Waals surface area contributed by atoms with Gasteiger partial charge in [-0.2, -0.15) is 0 Å². The minimum atomic E-state index is 0.0890. The predicted octanol–water partition coefficient (Wildman–Crippen LogP) is 1.29. The average Bonchev–Trinajstić information content (AvgIpc) is 3.33. The van der Waals surface area contributed by atoms with E-state index in [1.807, 2.05) is 11.8 Å². The molecule has 1 aromatic heterocycles. The molecule has 0 saturated carbocycles. The van der Waals surface area contributed by atoms with Gasteiger partial charge in [-0.05, 0) is 51.6 Å². The summed E-state index contributed by atoms with van der Waals surface area (Å²) in [5, 5.41) is 7.66. The van der Waals surface area contributed by atoms with E-state index in [1.54, 1.807) is 7.11 Å². The standard InChI is InChI=1S/C19H32N4O4/c1-15-18(21-27-20-15)12-19(24)23(14-17-4-3-10-26-17)13-16-5-7-22(8-6-16)9-11-25-2/h16-17H,3-14H2,1-2H3/t17-/m0/s1. The SMILES string of the molecule is COCCN1CCC(CN(C[C@@H]2CCCO2)C(=O)Cc2nonc2C)CC1. The Balaban J connectivity index is 1.55. The highest BCUT2D eigenvalue weighted by Crippen LogP contribution is 2.21. The number of ether oxygens (including phenoxy) is 2. The van der Waals surface area contributed by atoms with Crippen LogP contribution < -0.4 is 0 Å². The largest absolute Gasteiger partial charge is 0.383 e. The van der Waals surface area contributed by atoms with Gasteiger partial charge in [0.05, 0.1) is 19.1 Å².